The van der Waals surface area contributed by atoms with Crippen molar-refractivity contribution in [1.82, 2.24) is 0 Å². The number of hydrogen-bond donors (Lipinski definition) is 1. The Morgan fingerprint density at radius 3 is 2.67 bits per heavy atom. The highest BCUT2D eigenvalue weighted by Gasteiger charge is 2.33. The lowest BCUT2D eigenvalue weighted by atomic mass is 9.85. The number of rotatable bonds is 5. The van der Waals surface area contributed by atoms with E-state index in [1.807, 2.05) is 25.1 Å². The van der Waals surface area contributed by atoms with Gasteiger partial charge in [0, 0.05) is 6.42 Å². The van der Waals surface area contributed by atoms with Crippen LogP contribution in [0.4, 0.5) is 0 Å². The first-order valence-corrected chi connectivity index (χ1v) is 5.77. The van der Waals surface area contributed by atoms with E-state index in [0.717, 1.165) is 23.3 Å². The molecule has 4 nitrogen and oxygen atoms in total. The van der Waals surface area contributed by atoms with Gasteiger partial charge in [0.05, 0.1) is 13.2 Å². The van der Waals surface area contributed by atoms with Crippen LogP contribution in [0.2, 0.25) is 0 Å². The summed E-state index contributed by atoms with van der Waals surface area (Å²) >= 11 is 0. The Morgan fingerprint density at radius 1 is 1.56 bits per heavy atom. The van der Waals surface area contributed by atoms with Gasteiger partial charge in [-0.05, 0) is 30.5 Å². The number of aliphatic carboxylic acids is 1. The van der Waals surface area contributed by atoms with E-state index >= 15 is 0 Å². The fourth-order valence-corrected chi connectivity index (χ4v) is 1.79. The lowest BCUT2D eigenvalue weighted by Crippen LogP contribution is -2.28. The summed E-state index contributed by atoms with van der Waals surface area (Å²) in [4.78, 5) is 11.1. The highest BCUT2D eigenvalue weighted by molar-refractivity contribution is 5.77. The van der Waals surface area contributed by atoms with Crippen LogP contribution in [0, 0.1) is 16.7 Å². The Bertz CT molecular complexity index is 490. The maximum absolute atomic E-state index is 11.1. The van der Waals surface area contributed by atoms with Crippen molar-refractivity contribution >= 4 is 5.97 Å². The molecule has 1 aromatic carbocycles. The summed E-state index contributed by atoms with van der Waals surface area (Å²) in [6.45, 7) is 3.44. The molecule has 0 aromatic heterocycles. The molecule has 0 saturated heterocycles. The molecule has 0 fully saturated rings. The van der Waals surface area contributed by atoms with Gasteiger partial charge in [0.2, 0.25) is 0 Å². The van der Waals surface area contributed by atoms with Gasteiger partial charge in [-0.25, -0.2) is 0 Å². The summed E-state index contributed by atoms with van der Waals surface area (Å²) in [6.07, 6.45) is 0.989. The maximum Gasteiger partial charge on any atom is 0.324 e. The average molecular weight is 247 g/mol. The smallest absolute Gasteiger partial charge is 0.324 e. The third-order valence-corrected chi connectivity index (χ3v) is 3.00. The third-order valence-electron chi connectivity index (χ3n) is 3.00. The normalized spacial score (nSPS) is 13.4. The zero-order valence-electron chi connectivity index (χ0n) is 10.9. The van der Waals surface area contributed by atoms with Crippen molar-refractivity contribution < 1.29 is 14.6 Å². The van der Waals surface area contributed by atoms with Gasteiger partial charge in [0.25, 0.3) is 0 Å². The molecular weight excluding hydrogens is 230 g/mol. The van der Waals surface area contributed by atoms with Gasteiger partial charge in [0.15, 0.2) is 5.41 Å². The van der Waals surface area contributed by atoms with Crippen LogP contribution in [0.3, 0.4) is 0 Å². The third kappa shape index (κ3) is 2.80. The number of nitrogens with zero attached hydrogens (tertiary/aromatic N) is 1. The van der Waals surface area contributed by atoms with Gasteiger partial charge in [-0.1, -0.05) is 19.1 Å². The molecule has 4 heteroatoms. The first kappa shape index (κ1) is 14.0. The molecule has 1 rings (SSSR count). The second kappa shape index (κ2) is 5.54. The Morgan fingerprint density at radius 2 is 2.22 bits per heavy atom. The first-order valence-electron chi connectivity index (χ1n) is 5.77. The zero-order chi connectivity index (χ0) is 13.8. The molecule has 1 atom stereocenters. The molecule has 1 N–H and O–H groups in total. The molecule has 0 spiro atoms. The fourth-order valence-electron chi connectivity index (χ4n) is 1.79. The molecule has 0 saturated carbocycles. The predicted molar refractivity (Wildman–Crippen MR) is 67.4 cm³/mol. The van der Waals surface area contributed by atoms with Crippen molar-refractivity contribution in [2.75, 3.05) is 7.11 Å². The van der Waals surface area contributed by atoms with E-state index < -0.39 is 11.4 Å². The van der Waals surface area contributed by atoms with Gasteiger partial charge in [-0.2, -0.15) is 5.26 Å². The summed E-state index contributed by atoms with van der Waals surface area (Å²) in [5.74, 6) is -0.311. The molecule has 18 heavy (non-hydrogen) atoms. The number of carboxylic acid groups (broad SMARTS) is 1. The minimum atomic E-state index is -1.39. The number of ether oxygens (including phenoxy) is 1. The summed E-state index contributed by atoms with van der Waals surface area (Å²) in [7, 11) is 1.60. The summed E-state index contributed by atoms with van der Waals surface area (Å²) in [6, 6.07) is 7.38. The van der Waals surface area contributed by atoms with E-state index in [2.05, 4.69) is 0 Å². The summed E-state index contributed by atoms with van der Waals surface area (Å²) < 4.78 is 5.21. The highest BCUT2D eigenvalue weighted by Crippen LogP contribution is 2.26. The molecule has 0 bridgehead atoms. The number of carbonyl (C=O) groups is 1. The summed E-state index contributed by atoms with van der Waals surface area (Å²) in [5.41, 5.74) is 0.458. The highest BCUT2D eigenvalue weighted by atomic mass is 16.5. The second-order valence-corrected chi connectivity index (χ2v) is 4.43. The summed E-state index contributed by atoms with van der Waals surface area (Å²) in [5, 5.41) is 18.1. The molecular formula is C14H17NO3. The van der Waals surface area contributed by atoms with Crippen LogP contribution in [0.15, 0.2) is 18.2 Å². The van der Waals surface area contributed by atoms with Crippen LogP contribution in [-0.4, -0.2) is 18.2 Å². The van der Waals surface area contributed by atoms with Gasteiger partial charge in [-0.15, -0.1) is 0 Å². The molecule has 0 amide bonds. The van der Waals surface area contributed by atoms with Crippen LogP contribution >= 0.6 is 0 Å². The van der Waals surface area contributed by atoms with Crippen molar-refractivity contribution in [3.05, 3.63) is 29.3 Å². The number of hydrogen-bond acceptors (Lipinski definition) is 3. The molecule has 0 aliphatic carbocycles. The number of aryl methyl sites for hydroxylation is 1. The Labute approximate surface area is 107 Å². The van der Waals surface area contributed by atoms with E-state index in [1.54, 1.807) is 13.2 Å². The molecule has 1 aromatic rings. The van der Waals surface area contributed by atoms with Gasteiger partial charge < -0.3 is 9.84 Å². The molecule has 0 heterocycles. The molecule has 0 aliphatic heterocycles. The molecule has 1 unspecified atom stereocenters. The predicted octanol–water partition coefficient (Wildman–Crippen LogP) is 2.41. The van der Waals surface area contributed by atoms with E-state index in [1.165, 1.54) is 6.92 Å². The van der Waals surface area contributed by atoms with Crippen LogP contribution in [-0.2, 0) is 17.6 Å². The SMILES string of the molecule is CCc1cc(CC(C)(C#N)C(=O)O)ccc1OC. The monoisotopic (exact) mass is 247 g/mol. The average Bonchev–Trinajstić information content (AvgIpc) is 2.38. The first-order chi connectivity index (χ1) is 8.46. The zero-order valence-corrected chi connectivity index (χ0v) is 10.9. The largest absolute Gasteiger partial charge is 0.496 e. The van der Waals surface area contributed by atoms with Crippen molar-refractivity contribution in [3.8, 4) is 11.8 Å². The van der Waals surface area contributed by atoms with Crippen LogP contribution in [0.5, 0.6) is 5.75 Å². The lowest BCUT2D eigenvalue weighted by molar-refractivity contribution is -0.144. The van der Waals surface area contributed by atoms with Gasteiger partial charge in [-0.3, -0.25) is 4.79 Å². The van der Waals surface area contributed by atoms with Crippen molar-refractivity contribution in [3.63, 3.8) is 0 Å². The standard InChI is InChI=1S/C14H17NO3/c1-4-11-7-10(5-6-12(11)18-3)8-14(2,9-15)13(16)17/h5-7H,4,8H2,1-3H3,(H,16,17). The Kier molecular flexibility index (Phi) is 4.33. The minimum Gasteiger partial charge on any atom is -0.496 e. The molecule has 0 radical (unpaired) electrons. The van der Waals surface area contributed by atoms with Crippen LogP contribution in [0.1, 0.15) is 25.0 Å². The van der Waals surface area contributed by atoms with Gasteiger partial charge >= 0.3 is 5.97 Å². The van der Waals surface area contributed by atoms with E-state index in [4.69, 9.17) is 15.1 Å². The van der Waals surface area contributed by atoms with Crippen molar-refractivity contribution in [1.29, 1.82) is 5.26 Å². The number of carboxylic acids is 1. The van der Waals surface area contributed by atoms with Gasteiger partial charge in [0.1, 0.15) is 5.75 Å². The van der Waals surface area contributed by atoms with E-state index in [9.17, 15) is 4.79 Å². The Balaban J connectivity index is 3.06. The fraction of sp³-hybridized carbons (Fsp3) is 0.429. The van der Waals surface area contributed by atoms with E-state index in [0.29, 0.717) is 0 Å². The number of benzene rings is 1. The topological polar surface area (TPSA) is 70.3 Å². The number of nitriles is 1. The maximum atomic E-state index is 11.1. The minimum absolute atomic E-state index is 0.190. The Hall–Kier alpha value is -2.02. The van der Waals surface area contributed by atoms with Crippen LogP contribution < -0.4 is 4.74 Å². The van der Waals surface area contributed by atoms with Crippen LogP contribution in [0.25, 0.3) is 0 Å². The van der Waals surface area contributed by atoms with E-state index in [-0.39, 0.29) is 6.42 Å². The van der Waals surface area contributed by atoms with Crippen molar-refractivity contribution in [2.24, 2.45) is 5.41 Å². The quantitative estimate of drug-likeness (QED) is 0.867. The molecule has 0 aliphatic rings. The number of methoxy groups -OCH3 is 1. The lowest BCUT2D eigenvalue weighted by Gasteiger charge is -2.17. The van der Waals surface area contributed by atoms with Crippen molar-refractivity contribution in [2.45, 2.75) is 26.7 Å². The molecule has 96 valence electrons. The second-order valence-electron chi connectivity index (χ2n) is 4.43.